The van der Waals surface area contributed by atoms with Crippen LogP contribution in [-0.2, 0) is 9.47 Å². The van der Waals surface area contributed by atoms with Crippen molar-refractivity contribution in [3.05, 3.63) is 22.7 Å². The first-order chi connectivity index (χ1) is 9.06. The number of hydrogen-bond acceptors (Lipinski definition) is 6. The normalized spacial score (nSPS) is 30.7. The summed E-state index contributed by atoms with van der Waals surface area (Å²) in [6.07, 6.45) is 0.917. The smallest absolute Gasteiger partial charge is 0.351 e. The first kappa shape index (κ1) is 14.3. The quantitative estimate of drug-likeness (QED) is 0.740. The number of hydrogen-bond donors (Lipinski definition) is 2. The van der Waals surface area contributed by atoms with Crippen molar-refractivity contribution in [2.75, 3.05) is 25.3 Å². The lowest BCUT2D eigenvalue weighted by molar-refractivity contribution is -0.121. The number of anilines is 1. The minimum Gasteiger partial charge on any atom is -0.393 e. The molecule has 2 heterocycles. The molecule has 106 valence electrons. The third-order valence-electron chi connectivity index (χ3n) is 3.31. The maximum Gasteiger partial charge on any atom is 0.351 e. The van der Waals surface area contributed by atoms with Crippen molar-refractivity contribution in [3.63, 3.8) is 0 Å². The Labute approximate surface area is 114 Å². The number of halogens is 1. The summed E-state index contributed by atoms with van der Waals surface area (Å²) in [5, 5.41) is 9.48. The molecule has 3 atom stereocenters. The van der Waals surface area contributed by atoms with Crippen molar-refractivity contribution in [3.8, 4) is 0 Å². The molecule has 1 fully saturated rings. The zero-order valence-corrected chi connectivity index (χ0v) is 11.2. The maximum atomic E-state index is 11.8. The van der Waals surface area contributed by atoms with Crippen LogP contribution < -0.4 is 11.4 Å². The van der Waals surface area contributed by atoms with Crippen molar-refractivity contribution in [2.24, 2.45) is 0 Å². The standard InChI is InChI=1S/C11H16ClN3O4/c1-18-7-4-9(19-11(7,5-12)6-16)15-3-2-8(13)14-10(15)17/h2-3,7,9,16H,4-6H2,1H3,(H2,13,14,17)/t7-,9+,11+/m0/s1. The van der Waals surface area contributed by atoms with E-state index in [1.165, 1.54) is 23.9 Å². The summed E-state index contributed by atoms with van der Waals surface area (Å²) in [5.41, 5.74) is 3.91. The van der Waals surface area contributed by atoms with Crippen LogP contribution in [0.25, 0.3) is 0 Å². The van der Waals surface area contributed by atoms with Crippen molar-refractivity contribution >= 4 is 17.4 Å². The molecule has 1 aliphatic rings. The second-order valence-corrected chi connectivity index (χ2v) is 4.70. The van der Waals surface area contributed by atoms with Crippen LogP contribution in [0.3, 0.4) is 0 Å². The lowest BCUT2D eigenvalue weighted by Crippen LogP contribution is -2.46. The summed E-state index contributed by atoms with van der Waals surface area (Å²) in [4.78, 5) is 15.4. The molecule has 0 bridgehead atoms. The molecule has 0 radical (unpaired) electrons. The summed E-state index contributed by atoms with van der Waals surface area (Å²) in [6.45, 7) is -0.289. The molecule has 7 nitrogen and oxygen atoms in total. The Balaban J connectivity index is 2.31. The molecule has 3 N–H and O–H groups in total. The topological polar surface area (TPSA) is 99.6 Å². The fraction of sp³-hybridized carbons (Fsp3) is 0.636. The van der Waals surface area contributed by atoms with Gasteiger partial charge >= 0.3 is 5.69 Å². The molecule has 0 aliphatic carbocycles. The van der Waals surface area contributed by atoms with E-state index in [9.17, 15) is 9.90 Å². The molecule has 0 aromatic carbocycles. The highest BCUT2D eigenvalue weighted by Gasteiger charge is 2.49. The van der Waals surface area contributed by atoms with Crippen LogP contribution in [0, 0.1) is 0 Å². The first-order valence-corrected chi connectivity index (χ1v) is 6.32. The van der Waals surface area contributed by atoms with Crippen LogP contribution in [0.5, 0.6) is 0 Å². The number of rotatable bonds is 4. The van der Waals surface area contributed by atoms with E-state index < -0.39 is 23.6 Å². The first-order valence-electron chi connectivity index (χ1n) is 5.78. The minimum absolute atomic E-state index is 0.0651. The fourth-order valence-corrected chi connectivity index (χ4v) is 2.54. The van der Waals surface area contributed by atoms with E-state index in [4.69, 9.17) is 26.8 Å². The van der Waals surface area contributed by atoms with E-state index in [1.54, 1.807) is 0 Å². The Bertz CT molecular complexity index is 503. The summed E-state index contributed by atoms with van der Waals surface area (Å²) >= 11 is 5.87. The second-order valence-electron chi connectivity index (χ2n) is 4.43. The van der Waals surface area contributed by atoms with Crippen LogP contribution in [0.15, 0.2) is 17.1 Å². The summed E-state index contributed by atoms with van der Waals surface area (Å²) in [6, 6.07) is 1.51. The molecule has 8 heteroatoms. The molecule has 0 spiro atoms. The molecule has 1 aromatic rings. The van der Waals surface area contributed by atoms with Crippen molar-refractivity contribution in [2.45, 2.75) is 24.4 Å². The van der Waals surface area contributed by atoms with Crippen LogP contribution in [0.4, 0.5) is 5.82 Å². The zero-order valence-electron chi connectivity index (χ0n) is 10.5. The molecule has 1 aliphatic heterocycles. The Morgan fingerprint density at radius 3 is 3.00 bits per heavy atom. The van der Waals surface area contributed by atoms with Gasteiger partial charge in [0, 0.05) is 19.7 Å². The van der Waals surface area contributed by atoms with Gasteiger partial charge < -0.3 is 20.3 Å². The van der Waals surface area contributed by atoms with E-state index in [-0.39, 0.29) is 18.3 Å². The molecule has 19 heavy (non-hydrogen) atoms. The van der Waals surface area contributed by atoms with Gasteiger partial charge in [-0.1, -0.05) is 0 Å². The summed E-state index contributed by atoms with van der Waals surface area (Å²) < 4.78 is 12.3. The molecule has 0 unspecified atom stereocenters. The van der Waals surface area contributed by atoms with Gasteiger partial charge in [-0.15, -0.1) is 11.6 Å². The monoisotopic (exact) mass is 289 g/mol. The predicted octanol–water partition coefficient (Wildman–Crippen LogP) is -0.271. The summed E-state index contributed by atoms with van der Waals surface area (Å²) in [5.74, 6) is 0.212. The fourth-order valence-electron chi connectivity index (χ4n) is 2.22. The van der Waals surface area contributed by atoms with Crippen LogP contribution in [-0.4, -0.2) is 46.0 Å². The molecule has 0 amide bonds. The number of nitrogens with zero attached hydrogens (tertiary/aromatic N) is 2. The van der Waals surface area contributed by atoms with Gasteiger partial charge in [-0.3, -0.25) is 4.57 Å². The van der Waals surface area contributed by atoms with Crippen molar-refractivity contribution in [1.29, 1.82) is 0 Å². The van der Waals surface area contributed by atoms with Gasteiger partial charge in [-0.25, -0.2) is 4.79 Å². The third kappa shape index (κ3) is 2.46. The van der Waals surface area contributed by atoms with Gasteiger partial charge in [-0.2, -0.15) is 4.98 Å². The van der Waals surface area contributed by atoms with Gasteiger partial charge in [0.05, 0.1) is 18.6 Å². The van der Waals surface area contributed by atoms with E-state index in [0.29, 0.717) is 6.42 Å². The highest BCUT2D eigenvalue weighted by Crippen LogP contribution is 2.38. The predicted molar refractivity (Wildman–Crippen MR) is 69.0 cm³/mol. The maximum absolute atomic E-state index is 11.8. The third-order valence-corrected chi connectivity index (χ3v) is 3.77. The minimum atomic E-state index is -1.01. The van der Waals surface area contributed by atoms with Crippen molar-refractivity contribution < 1.29 is 14.6 Å². The number of alkyl halides is 1. The van der Waals surface area contributed by atoms with Crippen LogP contribution in [0.1, 0.15) is 12.6 Å². The number of nitrogens with two attached hydrogens (primary N) is 1. The lowest BCUT2D eigenvalue weighted by atomic mass is 10.00. The lowest BCUT2D eigenvalue weighted by Gasteiger charge is -2.29. The molecular formula is C11H16ClN3O4. The average molecular weight is 290 g/mol. The second kappa shape index (κ2) is 5.46. The number of nitrogen functional groups attached to an aromatic ring is 1. The highest BCUT2D eigenvalue weighted by atomic mass is 35.5. The van der Waals surface area contributed by atoms with E-state index in [1.807, 2.05) is 0 Å². The molecule has 1 aromatic heterocycles. The number of ether oxygens (including phenoxy) is 2. The Kier molecular flexibility index (Phi) is 4.10. The molecular weight excluding hydrogens is 274 g/mol. The number of aromatic nitrogens is 2. The number of aliphatic hydroxyl groups excluding tert-OH is 1. The van der Waals surface area contributed by atoms with E-state index in [2.05, 4.69) is 4.98 Å². The molecule has 1 saturated heterocycles. The highest BCUT2D eigenvalue weighted by molar-refractivity contribution is 6.18. The van der Waals surface area contributed by atoms with Gasteiger partial charge in [0.1, 0.15) is 17.6 Å². The van der Waals surface area contributed by atoms with Gasteiger partial charge in [0.2, 0.25) is 0 Å². The van der Waals surface area contributed by atoms with Crippen LogP contribution >= 0.6 is 11.6 Å². The summed E-state index contributed by atoms with van der Waals surface area (Å²) in [7, 11) is 1.51. The SMILES string of the molecule is CO[C@H]1C[C@H](n2ccc(N)nc2=O)O[C@@]1(CO)CCl. The Morgan fingerprint density at radius 1 is 1.79 bits per heavy atom. The van der Waals surface area contributed by atoms with Gasteiger partial charge in [-0.05, 0) is 6.07 Å². The van der Waals surface area contributed by atoms with Crippen molar-refractivity contribution in [1.82, 2.24) is 9.55 Å². The number of methoxy groups -OCH3 is 1. The molecule has 2 rings (SSSR count). The van der Waals surface area contributed by atoms with E-state index in [0.717, 1.165) is 0 Å². The molecule has 0 saturated carbocycles. The van der Waals surface area contributed by atoms with Gasteiger partial charge in [0.25, 0.3) is 0 Å². The van der Waals surface area contributed by atoms with Gasteiger partial charge in [0.15, 0.2) is 0 Å². The zero-order chi connectivity index (χ0) is 14.0. The largest absolute Gasteiger partial charge is 0.393 e. The number of aliphatic hydroxyl groups is 1. The van der Waals surface area contributed by atoms with E-state index >= 15 is 0 Å². The average Bonchev–Trinajstić information content (AvgIpc) is 2.78. The van der Waals surface area contributed by atoms with Crippen LogP contribution in [0.2, 0.25) is 0 Å². The Morgan fingerprint density at radius 2 is 2.53 bits per heavy atom. The Hall–Kier alpha value is -1.15.